The number of aromatic hydroxyl groups is 3. The molecule has 16 heteroatoms. The summed E-state index contributed by atoms with van der Waals surface area (Å²) in [5.41, 5.74) is 8.05. The van der Waals surface area contributed by atoms with Crippen molar-refractivity contribution in [2.24, 2.45) is 65.1 Å². The number of ether oxygens (including phenoxy) is 1. The van der Waals surface area contributed by atoms with Crippen LogP contribution >= 0.6 is 0 Å². The summed E-state index contributed by atoms with van der Waals surface area (Å²) in [7, 11) is 1.45. The van der Waals surface area contributed by atoms with E-state index in [1.165, 1.54) is 7.11 Å². The Kier molecular flexibility index (Phi) is 20.4. The van der Waals surface area contributed by atoms with Crippen LogP contribution in [0, 0.1) is 101 Å². The van der Waals surface area contributed by atoms with Crippen molar-refractivity contribution in [1.82, 2.24) is 15.6 Å². The molecule has 13 N–H and O–H groups in total. The van der Waals surface area contributed by atoms with Gasteiger partial charge in [-0.05, 0) is 204 Å². The summed E-state index contributed by atoms with van der Waals surface area (Å²) in [6, 6.07) is 30.0. The van der Waals surface area contributed by atoms with Crippen molar-refractivity contribution in [3.8, 4) is 58.5 Å². The topological polar surface area (TPSA) is 277 Å². The van der Waals surface area contributed by atoms with Crippen molar-refractivity contribution in [3.05, 3.63) is 171 Å². The lowest BCUT2D eigenvalue weighted by atomic mass is 9.63. The Hall–Kier alpha value is -8.34. The smallest absolute Gasteiger partial charge is 0.173 e. The highest BCUT2D eigenvalue weighted by Crippen LogP contribution is 2.52. The van der Waals surface area contributed by atoms with Crippen molar-refractivity contribution in [1.29, 1.82) is 0 Å². The van der Waals surface area contributed by atoms with E-state index in [0.717, 1.165) is 59.0 Å². The summed E-state index contributed by atoms with van der Waals surface area (Å²) in [5.74, 6) is 15.0. The number of anilines is 1. The van der Waals surface area contributed by atoms with Crippen LogP contribution in [0.5, 0.6) is 23.0 Å². The maximum absolute atomic E-state index is 16.0. The van der Waals surface area contributed by atoms with Crippen molar-refractivity contribution in [2.45, 2.75) is 158 Å². The number of phenols is 3. The normalized spacial score (nSPS) is 31.7. The summed E-state index contributed by atoms with van der Waals surface area (Å²) in [5, 5.41) is 122. The lowest BCUT2D eigenvalue weighted by molar-refractivity contribution is -0.142. The first-order valence-electron chi connectivity index (χ1n) is 36.4. The Labute approximate surface area is 585 Å². The van der Waals surface area contributed by atoms with Gasteiger partial charge < -0.3 is 71.6 Å². The maximum atomic E-state index is 16.0. The van der Waals surface area contributed by atoms with Gasteiger partial charge in [0, 0.05) is 97.9 Å². The molecule has 6 aromatic rings. The third-order valence-electron chi connectivity index (χ3n) is 24.0. The predicted molar refractivity (Wildman–Crippen MR) is 382 cm³/mol. The molecule has 0 spiro atoms. The van der Waals surface area contributed by atoms with Gasteiger partial charge in [0.1, 0.15) is 23.4 Å². The van der Waals surface area contributed by atoms with E-state index in [1.54, 1.807) is 30.3 Å². The van der Waals surface area contributed by atoms with E-state index in [0.29, 0.717) is 102 Å². The fraction of sp³-hybridized carbons (Fsp3) is 0.476. The number of H-pyrrole nitrogens is 1. The van der Waals surface area contributed by atoms with Crippen LogP contribution in [0.1, 0.15) is 146 Å². The predicted octanol–water partition coefficient (Wildman–Crippen LogP) is 10.1. The molecule has 3 heterocycles. The number of aliphatic hydroxyl groups is 6. The number of aromatic nitrogens is 1. The molecule has 2 aliphatic heterocycles. The summed E-state index contributed by atoms with van der Waals surface area (Å²) >= 11 is 0. The quantitative estimate of drug-likeness (QED) is 0.0444. The van der Waals surface area contributed by atoms with Gasteiger partial charge in [0.15, 0.2) is 35.5 Å². The Balaban J connectivity index is 1.03. The molecule has 6 aliphatic carbocycles. The molecule has 18 atom stereocenters. The molecule has 522 valence electrons. The molecule has 3 saturated carbocycles. The third kappa shape index (κ3) is 14.5. The largest absolute Gasteiger partial charge is 0.508 e. The number of carbonyl (C=O) groups excluding carboxylic acids is 2. The minimum absolute atomic E-state index is 0.00762. The number of hydrogen-bond acceptors (Lipinski definition) is 15. The average Bonchev–Trinajstić information content (AvgIpc) is 1.02. The number of aliphatic hydroxyl groups excluding tert-OH is 5. The van der Waals surface area contributed by atoms with Gasteiger partial charge in [-0.15, -0.1) is 0 Å². The van der Waals surface area contributed by atoms with E-state index in [-0.39, 0.29) is 86.4 Å². The number of dihydropyridines is 1. The van der Waals surface area contributed by atoms with Crippen LogP contribution in [0.3, 0.4) is 0 Å². The van der Waals surface area contributed by atoms with E-state index in [4.69, 9.17) is 4.74 Å². The molecule has 0 radical (unpaired) electrons. The maximum Gasteiger partial charge on any atom is 0.173 e. The molecular formula is C84H94N4O12. The monoisotopic (exact) mass is 1350 g/mol. The highest BCUT2D eigenvalue weighted by Gasteiger charge is 2.49. The van der Waals surface area contributed by atoms with Crippen LogP contribution in [0.25, 0.3) is 10.8 Å². The molecule has 1 aromatic heterocycles. The molecule has 0 amide bonds. The zero-order chi connectivity index (χ0) is 69.5. The van der Waals surface area contributed by atoms with Crippen molar-refractivity contribution >= 4 is 28.0 Å². The average molecular weight is 1350 g/mol. The van der Waals surface area contributed by atoms with E-state index in [9.17, 15) is 50.8 Å². The van der Waals surface area contributed by atoms with Gasteiger partial charge in [-0.25, -0.2) is 0 Å². The Morgan fingerprint density at radius 2 is 1.53 bits per heavy atom. The number of β-amino-alcohol motifs (C(OH)–C–C–N with tert-alkyl or cyclic N) is 1. The van der Waals surface area contributed by atoms with Crippen LogP contribution in [0.2, 0.25) is 0 Å². The van der Waals surface area contributed by atoms with Crippen LogP contribution in [-0.2, 0) is 35.3 Å². The molecular weight excluding hydrogens is 1260 g/mol. The van der Waals surface area contributed by atoms with Crippen molar-refractivity contribution in [2.75, 3.05) is 32.1 Å². The first-order chi connectivity index (χ1) is 48.4. The molecule has 0 saturated heterocycles. The number of aromatic amines is 1. The van der Waals surface area contributed by atoms with Crippen molar-refractivity contribution < 1.29 is 60.3 Å². The molecule has 3 fully saturated rings. The fourth-order valence-corrected chi connectivity index (χ4v) is 18.8. The SMILES string of the molecule is COc1cc2c(cc1O)[C@@H]1C#C[C@@H]3C[C@@H]4C[C@@H](C[C@H]3C(=O)[C@H](O)C(=O)CC2)[C@@H]2CC[C@@H]3CC[C@@H](CC#CC5=C(NCC=C5[C@@H]4[C@@H](O)C#C[C@H]4C[C@H](C[C@H](C(O)O)[C@@H]4Cc4cccc(O)c4)c4ccccc41)Nc1ccc4ccc(c(O)c4c1)C[C@H](O)CNC[C@H](C)c1c[nH]c(c1)C[C@@H]2O)C3. The molecule has 17 bridgehead atoms. The number of carbonyl (C=O) groups is 2. The minimum atomic E-state index is -2.01. The Morgan fingerprint density at radius 3 is 2.36 bits per heavy atom. The molecule has 8 aliphatic rings. The lowest BCUT2D eigenvalue weighted by Crippen LogP contribution is -2.40. The molecule has 14 rings (SSSR count). The first-order valence-corrected chi connectivity index (χ1v) is 36.4. The second-order valence-corrected chi connectivity index (χ2v) is 30.3. The Morgan fingerprint density at radius 1 is 0.720 bits per heavy atom. The zero-order valence-electron chi connectivity index (χ0n) is 57.0. The van der Waals surface area contributed by atoms with E-state index in [1.807, 2.05) is 66.9 Å². The number of ketones is 2. The lowest BCUT2D eigenvalue weighted by Gasteiger charge is -2.42. The second kappa shape index (κ2) is 29.7. The molecule has 100 heavy (non-hydrogen) atoms. The number of methoxy groups -OCH3 is 1. The number of hydrogen-bond donors (Lipinski definition) is 13. The molecule has 0 unspecified atom stereocenters. The number of phenolic OH excluding ortho intramolecular Hbond substituents is 3. The number of Topliss-reactive ketones (excluding diaryl/α,β-unsaturated/α-hetero) is 2. The van der Waals surface area contributed by atoms with E-state index < -0.39 is 101 Å². The number of allylic oxidation sites excluding steroid dienone is 1. The number of aryl methyl sites for hydroxylation is 1. The van der Waals surface area contributed by atoms with Gasteiger partial charge in [0.05, 0.1) is 30.8 Å². The van der Waals surface area contributed by atoms with E-state index in [2.05, 4.69) is 75.5 Å². The number of nitrogens with one attached hydrogen (secondary N) is 4. The van der Waals surface area contributed by atoms with Gasteiger partial charge in [0.25, 0.3) is 0 Å². The molecule has 16 nitrogen and oxygen atoms in total. The summed E-state index contributed by atoms with van der Waals surface area (Å²) < 4.78 is 5.72. The third-order valence-corrected chi connectivity index (χ3v) is 24.0. The zero-order valence-corrected chi connectivity index (χ0v) is 57.0. The van der Waals surface area contributed by atoms with Gasteiger partial charge in [-0.3, -0.25) is 9.59 Å². The highest BCUT2D eigenvalue weighted by molar-refractivity contribution is 6.06. The number of rotatable bonds is 4. The minimum Gasteiger partial charge on any atom is -0.508 e. The summed E-state index contributed by atoms with van der Waals surface area (Å²) in [4.78, 5) is 34.4. The van der Waals surface area contributed by atoms with Crippen LogP contribution < -0.4 is 20.7 Å². The van der Waals surface area contributed by atoms with Gasteiger partial charge in [-0.1, -0.05) is 116 Å². The highest BCUT2D eigenvalue weighted by atomic mass is 16.5. The van der Waals surface area contributed by atoms with Gasteiger partial charge in [-0.2, -0.15) is 0 Å². The fourth-order valence-electron chi connectivity index (χ4n) is 18.8. The van der Waals surface area contributed by atoms with Crippen LogP contribution in [0.4, 0.5) is 5.69 Å². The van der Waals surface area contributed by atoms with Crippen LogP contribution in [0.15, 0.2) is 126 Å². The van der Waals surface area contributed by atoms with Gasteiger partial charge in [0.2, 0.25) is 0 Å². The molecule has 5 aromatic carbocycles. The number of benzene rings is 5. The first kappa shape index (κ1) is 68.8. The summed E-state index contributed by atoms with van der Waals surface area (Å²) in [6.45, 7) is 3.23. The van der Waals surface area contributed by atoms with E-state index >= 15 is 4.79 Å². The second-order valence-electron chi connectivity index (χ2n) is 30.3. The van der Waals surface area contributed by atoms with Crippen molar-refractivity contribution in [3.63, 3.8) is 0 Å². The van der Waals surface area contributed by atoms with Crippen LogP contribution in [-0.4, -0.2) is 120 Å². The van der Waals surface area contributed by atoms with Gasteiger partial charge >= 0.3 is 0 Å². The summed E-state index contributed by atoms with van der Waals surface area (Å²) in [6.07, 6.45) is 4.11. The number of fused-ring (bicyclic) bond motifs is 14. The Bertz CT molecular complexity index is 4330. The standard InChI is InChI=1S/C84H94N4O12/c1-46-43-85-45-62(90)36-54-17-16-50-18-22-59(40-72(50)80(54)95)88-83-68-12-6-7-47-13-14-48(29-47)15-23-64(76(93)41-60-35-58(46)44-87-60)56-34-57-33-52-19-24-66(70-42-77(94)78(100-2)39-53(70)21-26-75(92)82(97)81(96)71(52)37-56)65-11-4-3-10-63(65)55-32-51(20-25-74(91)79(57)67(68)27-28-86-83)69(73(38-55)84(98)99)31-49-8-5-9-61(89)30-49/h3-5,8-11,16-18,22,27,30,35,39-40,42,44,46-48,51-52,55-57,62,64,66,69,71,73-74,76,79,82,84-91,93-95,97-99H,7,13-15,21,23,26,28-29,31-34,36-38,41,43,45H2,1-2H3/t46-,47+,48-,51-,52+,55+,56-,57+,62-,64-,66+,69+,71+,73-,74-,76-,79+,82+/m0/s1.